The Morgan fingerprint density at radius 2 is 2.36 bits per heavy atom. The summed E-state index contributed by atoms with van der Waals surface area (Å²) in [5.74, 6) is 1.32. The van der Waals surface area contributed by atoms with E-state index in [-0.39, 0.29) is 18.1 Å². The number of carbonyl (C=O) groups is 1. The highest BCUT2D eigenvalue weighted by Gasteiger charge is 2.25. The second-order valence-electron chi connectivity index (χ2n) is 6.15. The van der Waals surface area contributed by atoms with E-state index in [1.165, 1.54) is 12.8 Å². The van der Waals surface area contributed by atoms with Crippen molar-refractivity contribution < 1.29 is 9.53 Å². The van der Waals surface area contributed by atoms with Gasteiger partial charge in [-0.2, -0.15) is 5.10 Å². The lowest BCUT2D eigenvalue weighted by atomic mass is 9.88. The molecule has 1 heterocycles. The smallest absolute Gasteiger partial charge is 0.249 e. The average Bonchev–Trinajstić information content (AvgIpc) is 2.82. The predicted molar refractivity (Wildman–Crippen MR) is 86.8 cm³/mol. The Morgan fingerprint density at radius 1 is 1.59 bits per heavy atom. The highest BCUT2D eigenvalue weighted by Crippen LogP contribution is 2.26. The third kappa shape index (κ3) is 4.39. The van der Waals surface area contributed by atoms with Gasteiger partial charge in [0.05, 0.1) is 12.6 Å². The van der Waals surface area contributed by atoms with Crippen molar-refractivity contribution in [1.29, 1.82) is 0 Å². The zero-order valence-electron chi connectivity index (χ0n) is 13.6. The van der Waals surface area contributed by atoms with E-state index in [0.717, 1.165) is 12.8 Å². The van der Waals surface area contributed by atoms with Gasteiger partial charge >= 0.3 is 0 Å². The minimum absolute atomic E-state index is 0.0744. The van der Waals surface area contributed by atoms with Gasteiger partial charge < -0.3 is 14.6 Å². The van der Waals surface area contributed by atoms with Gasteiger partial charge in [0.1, 0.15) is 6.10 Å². The predicted octanol–water partition coefficient (Wildman–Crippen LogP) is 2.47. The molecule has 0 unspecified atom stereocenters. The third-order valence-corrected chi connectivity index (χ3v) is 4.67. The maximum Gasteiger partial charge on any atom is 0.249 e. The number of aromatic amines is 1. The van der Waals surface area contributed by atoms with Crippen molar-refractivity contribution in [3.8, 4) is 0 Å². The second-order valence-corrected chi connectivity index (χ2v) is 6.54. The summed E-state index contributed by atoms with van der Waals surface area (Å²) in [5.41, 5.74) is 0. The maximum atomic E-state index is 12.3. The summed E-state index contributed by atoms with van der Waals surface area (Å²) in [6.45, 7) is 4.58. The first kappa shape index (κ1) is 17.1. The van der Waals surface area contributed by atoms with Crippen LogP contribution in [0.4, 0.5) is 0 Å². The summed E-state index contributed by atoms with van der Waals surface area (Å²) < 4.78 is 8.32. The van der Waals surface area contributed by atoms with Crippen molar-refractivity contribution in [2.24, 2.45) is 13.0 Å². The Bertz CT molecular complexity index is 554. The molecule has 0 aliphatic heterocycles. The Balaban J connectivity index is 1.86. The topological polar surface area (TPSA) is 71.9 Å². The van der Waals surface area contributed by atoms with Crippen molar-refractivity contribution in [3.05, 3.63) is 10.6 Å². The van der Waals surface area contributed by atoms with Crippen molar-refractivity contribution in [1.82, 2.24) is 20.1 Å². The maximum absolute atomic E-state index is 12.3. The highest BCUT2D eigenvalue weighted by atomic mass is 32.1. The second kappa shape index (κ2) is 7.87. The zero-order chi connectivity index (χ0) is 16.1. The molecule has 7 heteroatoms. The molecule has 0 saturated heterocycles. The number of carbonyl (C=O) groups excluding carboxylic acids is 1. The average molecular weight is 326 g/mol. The number of ether oxygens (including phenoxy) is 1. The normalized spacial score (nSPS) is 23.2. The fraction of sp³-hybridized carbons (Fsp3) is 0.800. The molecule has 1 fully saturated rings. The molecule has 6 nitrogen and oxygen atoms in total. The van der Waals surface area contributed by atoms with E-state index in [1.807, 2.05) is 14.0 Å². The molecule has 2 N–H and O–H groups in total. The molecule has 1 aromatic heterocycles. The number of rotatable bonds is 6. The quantitative estimate of drug-likeness (QED) is 0.788. The minimum Gasteiger partial charge on any atom is -0.365 e. The van der Waals surface area contributed by atoms with E-state index in [1.54, 1.807) is 4.57 Å². The summed E-state index contributed by atoms with van der Waals surface area (Å²) in [6, 6.07) is 0. The minimum atomic E-state index is -0.387. The SMILES string of the molecule is CC[C@H](O[C@H]1CCC[C@H](C)C1)C(=O)NCc1n[nH]c(=S)n1C. The summed E-state index contributed by atoms with van der Waals surface area (Å²) in [7, 11) is 1.82. The van der Waals surface area contributed by atoms with Gasteiger partial charge in [-0.25, -0.2) is 0 Å². The fourth-order valence-electron chi connectivity index (χ4n) is 2.90. The first-order valence-corrected chi connectivity index (χ1v) is 8.45. The number of nitrogens with zero attached hydrogens (tertiary/aromatic N) is 2. The van der Waals surface area contributed by atoms with Gasteiger partial charge in [-0.05, 0) is 37.4 Å². The van der Waals surface area contributed by atoms with E-state index >= 15 is 0 Å². The Labute approximate surface area is 136 Å². The van der Waals surface area contributed by atoms with Gasteiger partial charge in [-0.15, -0.1) is 0 Å². The molecule has 1 saturated carbocycles. The van der Waals surface area contributed by atoms with E-state index in [0.29, 0.717) is 29.5 Å². The molecule has 0 radical (unpaired) electrons. The van der Waals surface area contributed by atoms with Crippen LogP contribution >= 0.6 is 12.2 Å². The van der Waals surface area contributed by atoms with Crippen LogP contribution in [0.2, 0.25) is 0 Å². The van der Waals surface area contributed by atoms with Crippen LogP contribution in [0.15, 0.2) is 0 Å². The van der Waals surface area contributed by atoms with Gasteiger partial charge in [-0.1, -0.05) is 26.7 Å². The summed E-state index contributed by atoms with van der Waals surface area (Å²) in [4.78, 5) is 12.3. The first-order valence-electron chi connectivity index (χ1n) is 8.04. The summed E-state index contributed by atoms with van der Waals surface area (Å²) >= 11 is 5.06. The standard InChI is InChI=1S/C15H26N4O2S/c1-4-12(21-11-7-5-6-10(2)8-11)14(20)16-9-13-17-18-15(22)19(13)3/h10-12H,4-9H2,1-3H3,(H,16,20)(H,18,22)/t10-,11-,12-/m0/s1. The van der Waals surface area contributed by atoms with E-state index < -0.39 is 0 Å². The molecule has 0 spiro atoms. The number of hydrogen-bond acceptors (Lipinski definition) is 4. The van der Waals surface area contributed by atoms with Gasteiger partial charge in [0.25, 0.3) is 0 Å². The van der Waals surface area contributed by atoms with Crippen LogP contribution in [0.25, 0.3) is 0 Å². The molecule has 22 heavy (non-hydrogen) atoms. The van der Waals surface area contributed by atoms with Crippen molar-refractivity contribution in [3.63, 3.8) is 0 Å². The van der Waals surface area contributed by atoms with Gasteiger partial charge in [0, 0.05) is 7.05 Å². The molecular formula is C15H26N4O2S. The van der Waals surface area contributed by atoms with Crippen molar-refractivity contribution in [2.45, 2.75) is 64.7 Å². The largest absolute Gasteiger partial charge is 0.365 e. The fourth-order valence-corrected chi connectivity index (χ4v) is 3.05. The molecule has 0 aromatic carbocycles. The van der Waals surface area contributed by atoms with Crippen LogP contribution in [0, 0.1) is 10.7 Å². The Morgan fingerprint density at radius 3 is 2.95 bits per heavy atom. The van der Waals surface area contributed by atoms with Crippen molar-refractivity contribution in [2.75, 3.05) is 0 Å². The lowest BCUT2D eigenvalue weighted by Gasteiger charge is -2.29. The van der Waals surface area contributed by atoms with Crippen LogP contribution in [0.1, 0.15) is 51.8 Å². The molecule has 1 aromatic rings. The van der Waals surface area contributed by atoms with Gasteiger partial charge in [0.2, 0.25) is 5.91 Å². The van der Waals surface area contributed by atoms with Crippen LogP contribution in [-0.2, 0) is 23.1 Å². The first-order chi connectivity index (χ1) is 10.5. The number of amides is 1. The highest BCUT2D eigenvalue weighted by molar-refractivity contribution is 7.71. The number of nitrogens with one attached hydrogen (secondary N) is 2. The van der Waals surface area contributed by atoms with Gasteiger partial charge in [0.15, 0.2) is 10.6 Å². The molecule has 1 aliphatic rings. The van der Waals surface area contributed by atoms with E-state index in [2.05, 4.69) is 22.4 Å². The molecule has 0 bridgehead atoms. The summed E-state index contributed by atoms with van der Waals surface area (Å²) in [6.07, 6.45) is 5.06. The van der Waals surface area contributed by atoms with E-state index in [9.17, 15) is 4.79 Å². The monoisotopic (exact) mass is 326 g/mol. The molecule has 3 atom stereocenters. The third-order valence-electron chi connectivity index (χ3n) is 4.30. The summed E-state index contributed by atoms with van der Waals surface area (Å²) in [5, 5.41) is 9.69. The van der Waals surface area contributed by atoms with Crippen LogP contribution in [0.5, 0.6) is 0 Å². The molecular weight excluding hydrogens is 300 g/mol. The molecule has 124 valence electrons. The van der Waals surface area contributed by atoms with Gasteiger partial charge in [-0.3, -0.25) is 9.89 Å². The van der Waals surface area contributed by atoms with Crippen LogP contribution in [-0.4, -0.2) is 32.9 Å². The molecule has 1 aliphatic carbocycles. The number of hydrogen-bond donors (Lipinski definition) is 2. The van der Waals surface area contributed by atoms with E-state index in [4.69, 9.17) is 17.0 Å². The van der Waals surface area contributed by atoms with Crippen molar-refractivity contribution >= 4 is 18.1 Å². The lowest BCUT2D eigenvalue weighted by molar-refractivity contribution is -0.139. The van der Waals surface area contributed by atoms with Crippen LogP contribution in [0.3, 0.4) is 0 Å². The Kier molecular flexibility index (Phi) is 6.14. The molecule has 1 amide bonds. The number of aromatic nitrogens is 3. The van der Waals surface area contributed by atoms with Crippen LogP contribution < -0.4 is 5.32 Å². The Hall–Kier alpha value is -1.21. The zero-order valence-corrected chi connectivity index (χ0v) is 14.4. The number of H-pyrrole nitrogens is 1. The molecule has 2 rings (SSSR count). The lowest BCUT2D eigenvalue weighted by Crippen LogP contribution is -2.39.